The minimum Gasteiger partial charge on any atom is -0.507 e. The molecule has 0 saturated carbocycles. The first-order valence-corrected chi connectivity index (χ1v) is 18.6. The lowest BCUT2D eigenvalue weighted by Crippen LogP contribution is -2.17. The van der Waals surface area contributed by atoms with E-state index in [1.54, 1.807) is 0 Å². The van der Waals surface area contributed by atoms with Crippen molar-refractivity contribution in [3.05, 3.63) is 138 Å². The highest BCUT2D eigenvalue weighted by Gasteiger charge is 2.27. The van der Waals surface area contributed by atoms with Crippen LogP contribution in [0.25, 0.3) is 67.1 Å². The van der Waals surface area contributed by atoms with E-state index >= 15 is 0 Å². The third-order valence-electron chi connectivity index (χ3n) is 10.4. The molecule has 53 heavy (non-hydrogen) atoms. The molecule has 0 aliphatic carbocycles. The van der Waals surface area contributed by atoms with Crippen LogP contribution in [-0.2, 0) is 23.3 Å². The first-order chi connectivity index (χ1) is 25.0. The number of benzene rings is 5. The van der Waals surface area contributed by atoms with Crippen LogP contribution in [0, 0.1) is 0 Å². The van der Waals surface area contributed by atoms with Gasteiger partial charge in [0, 0.05) is 29.9 Å². The average molecular weight is 698 g/mol. The highest BCUT2D eigenvalue weighted by atomic mass is 16.3. The molecule has 7 aromatic rings. The van der Waals surface area contributed by atoms with E-state index in [1.165, 1.54) is 16.7 Å². The zero-order valence-electron chi connectivity index (χ0n) is 32.8. The summed E-state index contributed by atoms with van der Waals surface area (Å²) in [6.07, 6.45) is 1.91. The summed E-state index contributed by atoms with van der Waals surface area (Å²) in [6, 6.07) is 41.1. The van der Waals surface area contributed by atoms with Gasteiger partial charge < -0.3 is 9.67 Å². The van der Waals surface area contributed by atoms with Crippen molar-refractivity contribution in [2.24, 2.45) is 7.05 Å². The Balaban J connectivity index is 1.40. The summed E-state index contributed by atoms with van der Waals surface area (Å²) < 4.78 is 2.12. The van der Waals surface area contributed by atoms with Crippen molar-refractivity contribution < 1.29 is 5.11 Å². The normalized spacial score (nSPS) is 12.4. The van der Waals surface area contributed by atoms with E-state index in [0.717, 1.165) is 67.1 Å². The third kappa shape index (κ3) is 7.03. The van der Waals surface area contributed by atoms with Crippen LogP contribution in [0.4, 0.5) is 0 Å². The molecule has 5 aromatic carbocycles. The Morgan fingerprint density at radius 2 is 1.15 bits per heavy atom. The number of hydrogen-bond donors (Lipinski definition) is 1. The molecule has 4 heteroatoms. The van der Waals surface area contributed by atoms with E-state index in [4.69, 9.17) is 9.97 Å². The molecule has 0 unspecified atom stereocenters. The maximum atomic E-state index is 11.8. The summed E-state index contributed by atoms with van der Waals surface area (Å²) >= 11 is 0. The number of nitrogens with zero attached hydrogens (tertiary/aromatic N) is 3. The van der Waals surface area contributed by atoms with Crippen LogP contribution in [0.3, 0.4) is 0 Å². The topological polar surface area (TPSA) is 50.9 Å². The zero-order valence-corrected chi connectivity index (χ0v) is 32.8. The van der Waals surface area contributed by atoms with Crippen LogP contribution in [0.2, 0.25) is 0 Å². The summed E-state index contributed by atoms with van der Waals surface area (Å²) in [7, 11) is 2.05. The van der Waals surface area contributed by atoms with Crippen LogP contribution in [-0.4, -0.2) is 19.6 Å². The van der Waals surface area contributed by atoms with Gasteiger partial charge in [0.1, 0.15) is 11.6 Å². The molecule has 2 heterocycles. The Morgan fingerprint density at radius 1 is 0.509 bits per heavy atom. The van der Waals surface area contributed by atoms with Crippen molar-refractivity contribution in [1.29, 1.82) is 0 Å². The predicted molar refractivity (Wildman–Crippen MR) is 223 cm³/mol. The second-order valence-corrected chi connectivity index (χ2v) is 17.5. The SMILES string of the molecule is Cn1c(-c2cc(C(C)(C)C)cc(C(C)(C)C)c2O)nc2c(-c3cc(-c4ccccc4)cc(-c4cc(-c5ccc(C(C)(C)C)cc5)ccn4)c3)cccc21. The van der Waals surface area contributed by atoms with Gasteiger partial charge in [-0.05, 0) is 97.7 Å². The summed E-state index contributed by atoms with van der Waals surface area (Å²) in [6.45, 7) is 19.8. The fourth-order valence-electron chi connectivity index (χ4n) is 7.16. The molecule has 0 radical (unpaired) electrons. The molecular formula is C49H51N3O. The van der Waals surface area contributed by atoms with Gasteiger partial charge in [-0.2, -0.15) is 0 Å². The molecule has 7 rings (SSSR count). The largest absolute Gasteiger partial charge is 0.507 e. The van der Waals surface area contributed by atoms with E-state index in [9.17, 15) is 5.11 Å². The number of hydrogen-bond acceptors (Lipinski definition) is 3. The molecular weight excluding hydrogens is 647 g/mol. The fraction of sp³-hybridized carbons (Fsp3) is 0.265. The summed E-state index contributed by atoms with van der Waals surface area (Å²) in [5, 5.41) is 11.8. The second kappa shape index (κ2) is 13.2. The zero-order chi connectivity index (χ0) is 37.9. The maximum absolute atomic E-state index is 11.8. The van der Waals surface area contributed by atoms with Gasteiger partial charge in [0.25, 0.3) is 0 Å². The lowest BCUT2D eigenvalue weighted by atomic mass is 9.79. The Morgan fingerprint density at radius 3 is 1.81 bits per heavy atom. The van der Waals surface area contributed by atoms with Gasteiger partial charge in [-0.3, -0.25) is 4.98 Å². The molecule has 0 atom stereocenters. The van der Waals surface area contributed by atoms with E-state index in [1.807, 2.05) is 13.2 Å². The Labute approximate surface area is 315 Å². The minimum atomic E-state index is -0.245. The number of aryl methyl sites for hydroxylation is 1. The quantitative estimate of drug-likeness (QED) is 0.195. The van der Waals surface area contributed by atoms with Crippen molar-refractivity contribution in [3.8, 4) is 61.8 Å². The number of fused-ring (bicyclic) bond motifs is 1. The lowest BCUT2D eigenvalue weighted by molar-refractivity contribution is 0.446. The van der Waals surface area contributed by atoms with Crippen LogP contribution in [0.5, 0.6) is 5.75 Å². The molecule has 0 amide bonds. The minimum absolute atomic E-state index is 0.0969. The van der Waals surface area contributed by atoms with Gasteiger partial charge in [0.2, 0.25) is 0 Å². The highest BCUT2D eigenvalue weighted by molar-refractivity contribution is 5.96. The van der Waals surface area contributed by atoms with Gasteiger partial charge >= 0.3 is 0 Å². The van der Waals surface area contributed by atoms with E-state index in [0.29, 0.717) is 0 Å². The molecule has 0 spiro atoms. The number of phenolic OH excluding ortho intramolecular Hbond substituents is 1. The van der Waals surface area contributed by atoms with Gasteiger partial charge in [0.15, 0.2) is 0 Å². The monoisotopic (exact) mass is 697 g/mol. The Kier molecular flexibility index (Phi) is 8.93. The van der Waals surface area contributed by atoms with E-state index in [-0.39, 0.29) is 22.0 Å². The second-order valence-electron chi connectivity index (χ2n) is 17.5. The van der Waals surface area contributed by atoms with Gasteiger partial charge in [-0.25, -0.2) is 4.98 Å². The number of aromatic nitrogens is 3. The number of aromatic hydroxyl groups is 1. The van der Waals surface area contributed by atoms with Crippen LogP contribution in [0.15, 0.2) is 121 Å². The van der Waals surface area contributed by atoms with Crippen molar-refractivity contribution in [2.75, 3.05) is 0 Å². The van der Waals surface area contributed by atoms with Crippen LogP contribution < -0.4 is 0 Å². The predicted octanol–water partition coefficient (Wildman–Crippen LogP) is 12.9. The molecule has 268 valence electrons. The molecule has 2 aromatic heterocycles. The molecule has 0 bridgehead atoms. The van der Waals surface area contributed by atoms with Crippen molar-refractivity contribution in [1.82, 2.24) is 14.5 Å². The molecule has 0 fully saturated rings. The number of pyridine rings is 1. The number of phenols is 1. The summed E-state index contributed by atoms with van der Waals surface area (Å²) in [5.74, 6) is 1.03. The lowest BCUT2D eigenvalue weighted by Gasteiger charge is -2.27. The molecule has 0 aliphatic heterocycles. The van der Waals surface area contributed by atoms with E-state index in [2.05, 4.69) is 182 Å². The van der Waals surface area contributed by atoms with Gasteiger partial charge in [-0.15, -0.1) is 0 Å². The summed E-state index contributed by atoms with van der Waals surface area (Å²) in [5.41, 5.74) is 14.4. The Bertz CT molecular complexity index is 2450. The molecule has 0 saturated heterocycles. The highest BCUT2D eigenvalue weighted by Crippen LogP contribution is 2.44. The van der Waals surface area contributed by atoms with Crippen molar-refractivity contribution in [2.45, 2.75) is 78.6 Å². The fourth-order valence-corrected chi connectivity index (χ4v) is 7.16. The number of imidazole rings is 1. The first-order valence-electron chi connectivity index (χ1n) is 18.6. The molecule has 1 N–H and O–H groups in total. The number of para-hydroxylation sites is 1. The first kappa shape index (κ1) is 35.9. The molecule has 0 aliphatic rings. The van der Waals surface area contributed by atoms with Gasteiger partial charge in [0.05, 0.1) is 22.3 Å². The Hall–Kier alpha value is -5.48. The van der Waals surface area contributed by atoms with E-state index < -0.39 is 0 Å². The van der Waals surface area contributed by atoms with Crippen molar-refractivity contribution >= 4 is 11.0 Å². The summed E-state index contributed by atoms with van der Waals surface area (Å²) in [4.78, 5) is 10.2. The molecule has 4 nitrogen and oxygen atoms in total. The average Bonchev–Trinajstić information content (AvgIpc) is 3.46. The smallest absolute Gasteiger partial charge is 0.144 e. The standard InChI is InChI=1S/C49H51N3O/c1-47(2,3)37-21-19-32(20-22-37)33-23-24-50-42(28-33)36-26-34(31-15-12-11-13-16-31)25-35(27-36)39-17-14-18-43-44(39)51-46(52(43)10)40-29-38(48(4,5)6)30-41(45(40)53)49(7,8)9/h11-30,53H,1-10H3. The van der Waals surface area contributed by atoms with Crippen LogP contribution in [0.1, 0.15) is 79.0 Å². The van der Waals surface area contributed by atoms with Crippen molar-refractivity contribution in [3.63, 3.8) is 0 Å². The number of rotatable bonds is 5. The maximum Gasteiger partial charge on any atom is 0.144 e. The van der Waals surface area contributed by atoms with Crippen LogP contribution >= 0.6 is 0 Å². The third-order valence-corrected chi connectivity index (χ3v) is 10.4. The van der Waals surface area contributed by atoms with Gasteiger partial charge in [-0.1, -0.05) is 135 Å².